The smallest absolute Gasteiger partial charge is 0.288 e. The van der Waals surface area contributed by atoms with Crippen LogP contribution in [0.15, 0.2) is 29.2 Å². The van der Waals surface area contributed by atoms with Crippen molar-refractivity contribution in [1.82, 2.24) is 0 Å². The van der Waals surface area contributed by atoms with Crippen LogP contribution in [-0.2, 0) is 0 Å². The Morgan fingerprint density at radius 3 is 2.00 bits per heavy atom. The lowest BCUT2D eigenvalue weighted by Gasteiger charge is -2.54. The first-order valence-corrected chi connectivity index (χ1v) is 8.87. The van der Waals surface area contributed by atoms with Gasteiger partial charge >= 0.3 is 0 Å². The summed E-state index contributed by atoms with van der Waals surface area (Å²) in [6, 6.07) is 8.11. The quantitative estimate of drug-likeness (QED) is 0.764. The van der Waals surface area contributed by atoms with E-state index >= 15 is 0 Å². The molecule has 21 heavy (non-hydrogen) atoms. The molecule has 0 spiro atoms. The van der Waals surface area contributed by atoms with Gasteiger partial charge in [0.25, 0.3) is 5.76 Å². The van der Waals surface area contributed by atoms with E-state index < -0.39 is 5.76 Å². The van der Waals surface area contributed by atoms with Crippen molar-refractivity contribution in [2.45, 2.75) is 48.8 Å². The van der Waals surface area contributed by atoms with Crippen LogP contribution in [0.25, 0.3) is 0 Å². The third kappa shape index (κ3) is 2.79. The minimum absolute atomic E-state index is 0.603. The zero-order chi connectivity index (χ0) is 14.4. The molecule has 4 aliphatic carbocycles. The van der Waals surface area contributed by atoms with Crippen LogP contribution in [0.2, 0.25) is 0 Å². The van der Waals surface area contributed by atoms with Crippen LogP contribution in [0.3, 0.4) is 0 Å². The van der Waals surface area contributed by atoms with Crippen molar-refractivity contribution in [1.29, 1.82) is 0 Å². The molecule has 4 saturated carbocycles. The number of hydrogen-bond donors (Lipinski definition) is 1. The molecule has 4 heteroatoms. The number of alkyl halides is 2. The Morgan fingerprint density at radius 1 is 0.905 bits per heavy atom. The Kier molecular flexibility index (Phi) is 3.60. The van der Waals surface area contributed by atoms with E-state index in [2.05, 4.69) is 5.32 Å². The summed E-state index contributed by atoms with van der Waals surface area (Å²) in [4.78, 5) is 0.639. The summed E-state index contributed by atoms with van der Waals surface area (Å²) in [6.45, 7) is 0. The van der Waals surface area contributed by atoms with Crippen LogP contribution >= 0.6 is 11.8 Å². The van der Waals surface area contributed by atoms with E-state index in [9.17, 15) is 8.78 Å². The van der Waals surface area contributed by atoms with Gasteiger partial charge in [0.15, 0.2) is 0 Å². The molecule has 4 aliphatic rings. The maximum Gasteiger partial charge on any atom is 0.288 e. The maximum atomic E-state index is 12.3. The fourth-order valence-electron chi connectivity index (χ4n) is 5.09. The molecule has 1 nitrogen and oxygen atoms in total. The lowest BCUT2D eigenvalue weighted by atomic mass is 9.54. The minimum atomic E-state index is -2.34. The fraction of sp³-hybridized carbons (Fsp3) is 0.647. The number of benzene rings is 1. The summed E-state index contributed by atoms with van der Waals surface area (Å²) >= 11 is 0.615. The van der Waals surface area contributed by atoms with E-state index in [1.165, 1.54) is 32.1 Å². The van der Waals surface area contributed by atoms with Crippen molar-refractivity contribution >= 4 is 17.4 Å². The summed E-state index contributed by atoms with van der Waals surface area (Å²) in [5.74, 6) is 1.28. The van der Waals surface area contributed by atoms with Gasteiger partial charge < -0.3 is 5.32 Å². The van der Waals surface area contributed by atoms with Crippen molar-refractivity contribution in [2.75, 3.05) is 5.32 Å². The number of nitrogens with one attached hydrogen (secondary N) is 1. The second-order valence-corrected chi connectivity index (χ2v) is 8.07. The molecule has 114 valence electrons. The van der Waals surface area contributed by atoms with E-state index in [0.29, 0.717) is 22.7 Å². The van der Waals surface area contributed by atoms with E-state index in [1.807, 2.05) is 12.1 Å². The monoisotopic (exact) mass is 309 g/mol. The molecule has 4 fully saturated rings. The highest BCUT2D eigenvalue weighted by Crippen LogP contribution is 2.54. The molecule has 4 bridgehead atoms. The van der Waals surface area contributed by atoms with Crippen molar-refractivity contribution in [3.63, 3.8) is 0 Å². The van der Waals surface area contributed by atoms with Gasteiger partial charge in [-0.25, -0.2) is 0 Å². The molecule has 0 heterocycles. The first-order chi connectivity index (χ1) is 10.2. The van der Waals surface area contributed by atoms with Crippen LogP contribution in [0.1, 0.15) is 32.1 Å². The lowest BCUT2D eigenvalue weighted by molar-refractivity contribution is 0.00754. The zero-order valence-corrected chi connectivity index (χ0v) is 12.8. The lowest BCUT2D eigenvalue weighted by Crippen LogP contribution is -2.51. The third-order valence-electron chi connectivity index (χ3n) is 5.64. The van der Waals surface area contributed by atoms with Crippen molar-refractivity contribution in [3.8, 4) is 0 Å². The largest absolute Gasteiger partial charge is 0.382 e. The number of hydrogen-bond acceptors (Lipinski definition) is 2. The zero-order valence-electron chi connectivity index (χ0n) is 12.0. The molecule has 1 N–H and O–H groups in total. The third-order valence-corrected chi connectivity index (χ3v) is 6.36. The van der Waals surface area contributed by atoms with Gasteiger partial charge in [-0.05, 0) is 80.0 Å². The highest BCUT2D eigenvalue weighted by Gasteiger charge is 2.48. The van der Waals surface area contributed by atoms with Gasteiger partial charge in [-0.3, -0.25) is 0 Å². The highest BCUT2D eigenvalue weighted by atomic mass is 32.2. The maximum absolute atomic E-state index is 12.3. The van der Waals surface area contributed by atoms with Gasteiger partial charge in [-0.15, -0.1) is 0 Å². The van der Waals surface area contributed by atoms with E-state index in [-0.39, 0.29) is 0 Å². The molecule has 0 amide bonds. The number of anilines is 1. The summed E-state index contributed by atoms with van der Waals surface area (Å²) in [5.41, 5.74) is 1.09. The van der Waals surface area contributed by atoms with Crippen LogP contribution in [0.4, 0.5) is 14.5 Å². The van der Waals surface area contributed by atoms with E-state index in [0.717, 1.165) is 29.4 Å². The minimum Gasteiger partial charge on any atom is -0.382 e. The van der Waals surface area contributed by atoms with Gasteiger partial charge in [0.1, 0.15) is 0 Å². The highest BCUT2D eigenvalue weighted by molar-refractivity contribution is 7.99. The average molecular weight is 309 g/mol. The van der Waals surface area contributed by atoms with Gasteiger partial charge in [-0.1, -0.05) is 11.8 Å². The Morgan fingerprint density at radius 2 is 1.48 bits per heavy atom. The fourth-order valence-corrected chi connectivity index (χ4v) is 5.58. The Hall–Kier alpha value is -0.770. The summed E-state index contributed by atoms with van der Waals surface area (Å²) < 4.78 is 24.7. The van der Waals surface area contributed by atoms with Crippen LogP contribution in [0.5, 0.6) is 0 Å². The molecule has 5 rings (SSSR count). The van der Waals surface area contributed by atoms with Gasteiger partial charge in [0, 0.05) is 16.6 Å². The van der Waals surface area contributed by atoms with Crippen LogP contribution < -0.4 is 5.32 Å². The molecule has 0 aromatic heterocycles. The second kappa shape index (κ2) is 5.45. The molecule has 0 atom stereocenters. The van der Waals surface area contributed by atoms with Crippen LogP contribution in [0, 0.1) is 23.7 Å². The number of rotatable bonds is 4. The van der Waals surface area contributed by atoms with Gasteiger partial charge in [0.2, 0.25) is 0 Å². The topological polar surface area (TPSA) is 12.0 Å². The molecular formula is C17H21F2NS. The van der Waals surface area contributed by atoms with E-state index in [4.69, 9.17) is 0 Å². The molecule has 1 aromatic carbocycles. The SMILES string of the molecule is FC(F)Sc1ccc(NC2C3CC4CC(C3)CC2C4)cc1. The predicted octanol–water partition coefficient (Wildman–Crippen LogP) is 5.24. The summed E-state index contributed by atoms with van der Waals surface area (Å²) in [6.07, 6.45) is 7.04. The Balaban J connectivity index is 1.44. The van der Waals surface area contributed by atoms with Crippen molar-refractivity contribution in [3.05, 3.63) is 24.3 Å². The van der Waals surface area contributed by atoms with Gasteiger partial charge in [-0.2, -0.15) is 8.78 Å². The summed E-state index contributed by atoms with van der Waals surface area (Å²) in [7, 11) is 0. The predicted molar refractivity (Wildman–Crippen MR) is 82.8 cm³/mol. The van der Waals surface area contributed by atoms with Crippen LogP contribution in [-0.4, -0.2) is 11.8 Å². The number of halogens is 2. The summed E-state index contributed by atoms with van der Waals surface area (Å²) in [5, 5.41) is 3.71. The van der Waals surface area contributed by atoms with Crippen molar-refractivity contribution in [2.24, 2.45) is 23.7 Å². The molecule has 1 aromatic rings. The number of thioether (sulfide) groups is 1. The Labute approximate surface area is 128 Å². The average Bonchev–Trinajstić information content (AvgIpc) is 2.43. The van der Waals surface area contributed by atoms with Gasteiger partial charge in [0.05, 0.1) is 0 Å². The molecule has 0 aliphatic heterocycles. The molecular weight excluding hydrogens is 288 g/mol. The molecule has 0 radical (unpaired) electrons. The Bertz CT molecular complexity index is 474. The molecule has 0 unspecified atom stereocenters. The first-order valence-electron chi connectivity index (χ1n) is 7.99. The standard InChI is InChI=1S/C17H21F2NS/c18-17(19)21-15-3-1-14(2-4-15)20-16-12-6-10-5-11(8-12)9-13(16)7-10/h1-4,10-13,16-17,20H,5-9H2. The first kappa shape index (κ1) is 13.9. The van der Waals surface area contributed by atoms with E-state index in [1.54, 1.807) is 12.1 Å². The molecule has 0 saturated heterocycles. The van der Waals surface area contributed by atoms with Crippen molar-refractivity contribution < 1.29 is 8.78 Å². The normalized spacial score (nSPS) is 37.2. The second-order valence-electron chi connectivity index (χ2n) is 7.00.